The number of ether oxygens (including phenoxy) is 1. The predicted molar refractivity (Wildman–Crippen MR) is 156 cm³/mol. The van der Waals surface area contributed by atoms with Crippen LogP contribution in [0, 0.1) is 0 Å². The number of carbonyl (C=O) groups excluding carboxylic acids is 3. The fraction of sp³-hybridized carbons (Fsp3) is 0.500. The number of aldehydes is 1. The second-order valence-corrected chi connectivity index (χ2v) is 9.62. The van der Waals surface area contributed by atoms with Crippen LogP contribution in [0.15, 0.2) is 55.2 Å². The quantitative estimate of drug-likeness (QED) is 0.234. The highest BCUT2D eigenvalue weighted by molar-refractivity contribution is 5.96. The van der Waals surface area contributed by atoms with Crippen LogP contribution in [0.4, 0.5) is 5.69 Å². The zero-order valence-electron chi connectivity index (χ0n) is 24.2. The second kappa shape index (κ2) is 15.8. The summed E-state index contributed by atoms with van der Waals surface area (Å²) < 4.78 is 6.29. The van der Waals surface area contributed by atoms with Gasteiger partial charge >= 0.3 is 0 Å². The van der Waals surface area contributed by atoms with Crippen LogP contribution in [-0.4, -0.2) is 74.4 Å². The molecule has 8 heteroatoms. The zero-order chi connectivity index (χ0) is 28.9. The summed E-state index contributed by atoms with van der Waals surface area (Å²) in [6.07, 6.45) is 6.74. The predicted octanol–water partition coefficient (Wildman–Crippen LogP) is 4.13. The number of carbonyl (C=O) groups is 3. The maximum atomic E-state index is 13.8. The van der Waals surface area contributed by atoms with Gasteiger partial charge in [-0.15, -0.1) is 0 Å². The lowest BCUT2D eigenvalue weighted by Crippen LogP contribution is -2.48. The number of hydrogen-bond acceptors (Lipinski definition) is 6. The second-order valence-electron chi connectivity index (χ2n) is 9.62. The van der Waals surface area contributed by atoms with Gasteiger partial charge in [-0.25, -0.2) is 0 Å². The fourth-order valence-electron chi connectivity index (χ4n) is 4.23. The number of nitrogens with one attached hydrogen (secondary N) is 2. The molecular weight excluding hydrogens is 480 g/mol. The van der Waals surface area contributed by atoms with Crippen LogP contribution in [0.2, 0.25) is 0 Å². The molecule has 0 saturated heterocycles. The normalized spacial score (nSPS) is 13.7. The van der Waals surface area contributed by atoms with E-state index in [-0.39, 0.29) is 23.9 Å². The number of amides is 2. The molecule has 1 rings (SSSR count). The van der Waals surface area contributed by atoms with Gasteiger partial charge in [-0.2, -0.15) is 0 Å². The number of nitrogens with zero attached hydrogens (tertiary/aromatic N) is 2. The Morgan fingerprint density at radius 3 is 2.39 bits per heavy atom. The molecule has 38 heavy (non-hydrogen) atoms. The van der Waals surface area contributed by atoms with Crippen molar-refractivity contribution in [3.05, 3.63) is 60.7 Å². The van der Waals surface area contributed by atoms with Crippen molar-refractivity contribution in [1.29, 1.82) is 0 Å². The number of anilines is 1. The largest absolute Gasteiger partial charge is 0.473 e. The molecule has 2 atom stereocenters. The Kier molecular flexibility index (Phi) is 13.5. The van der Waals surface area contributed by atoms with E-state index in [0.717, 1.165) is 12.7 Å². The maximum absolute atomic E-state index is 13.8. The lowest BCUT2D eigenvalue weighted by Gasteiger charge is -2.35. The van der Waals surface area contributed by atoms with E-state index < -0.39 is 5.60 Å². The van der Waals surface area contributed by atoms with E-state index in [1.165, 1.54) is 0 Å². The van der Waals surface area contributed by atoms with Crippen LogP contribution < -0.4 is 20.3 Å². The molecule has 1 aromatic rings. The SMILES string of the molecule is C=C/C=C(\C=C)C(C)(C=O)Oc1ccc(C(=O)N(C(C)C)[C@H](CC)CNC)cc1N(C)CCNC(=O)CC. The monoisotopic (exact) mass is 526 g/mol. The Hall–Kier alpha value is -3.39. The Morgan fingerprint density at radius 1 is 1.21 bits per heavy atom. The molecule has 0 aliphatic carbocycles. The number of rotatable bonds is 17. The molecule has 0 fully saturated rings. The summed E-state index contributed by atoms with van der Waals surface area (Å²) in [6.45, 7) is 18.6. The number of likely N-dealkylation sites (N-methyl/N-ethyl adjacent to an activating group) is 2. The molecule has 210 valence electrons. The lowest BCUT2D eigenvalue weighted by atomic mass is 9.96. The molecule has 0 heterocycles. The van der Waals surface area contributed by atoms with Crippen molar-refractivity contribution in [2.24, 2.45) is 0 Å². The van der Waals surface area contributed by atoms with Crippen molar-refractivity contribution in [2.45, 2.75) is 65.1 Å². The van der Waals surface area contributed by atoms with E-state index in [1.54, 1.807) is 50.3 Å². The number of benzene rings is 1. The third kappa shape index (κ3) is 8.58. The summed E-state index contributed by atoms with van der Waals surface area (Å²) in [6, 6.07) is 5.27. The first-order chi connectivity index (χ1) is 18.0. The minimum Gasteiger partial charge on any atom is -0.473 e. The van der Waals surface area contributed by atoms with Gasteiger partial charge in [0.05, 0.1) is 5.69 Å². The van der Waals surface area contributed by atoms with E-state index >= 15 is 0 Å². The van der Waals surface area contributed by atoms with Crippen LogP contribution in [0.3, 0.4) is 0 Å². The van der Waals surface area contributed by atoms with Crippen molar-refractivity contribution in [3.63, 3.8) is 0 Å². The summed E-state index contributed by atoms with van der Waals surface area (Å²) in [4.78, 5) is 41.5. The molecule has 0 radical (unpaired) electrons. The van der Waals surface area contributed by atoms with Crippen molar-refractivity contribution in [3.8, 4) is 5.75 Å². The third-order valence-electron chi connectivity index (χ3n) is 6.44. The van der Waals surface area contributed by atoms with Gasteiger partial charge in [0.2, 0.25) is 5.91 Å². The van der Waals surface area contributed by atoms with Crippen LogP contribution >= 0.6 is 0 Å². The smallest absolute Gasteiger partial charge is 0.254 e. The molecule has 0 spiro atoms. The number of allylic oxidation sites excluding steroid dienone is 2. The van der Waals surface area contributed by atoms with Gasteiger partial charge in [-0.3, -0.25) is 14.4 Å². The fourth-order valence-corrected chi connectivity index (χ4v) is 4.23. The molecule has 1 unspecified atom stereocenters. The highest BCUT2D eigenvalue weighted by atomic mass is 16.5. The molecule has 2 amide bonds. The van der Waals surface area contributed by atoms with Gasteiger partial charge in [0.25, 0.3) is 5.91 Å². The Labute approximate surface area is 228 Å². The lowest BCUT2D eigenvalue weighted by molar-refractivity contribution is -0.120. The van der Waals surface area contributed by atoms with Gasteiger partial charge in [0.1, 0.15) is 5.75 Å². The Morgan fingerprint density at radius 2 is 1.89 bits per heavy atom. The molecule has 0 aromatic heterocycles. The summed E-state index contributed by atoms with van der Waals surface area (Å²) in [7, 11) is 3.74. The molecule has 0 aliphatic rings. The summed E-state index contributed by atoms with van der Waals surface area (Å²) in [5.74, 6) is 0.301. The van der Waals surface area contributed by atoms with Crippen molar-refractivity contribution in [2.75, 3.05) is 38.6 Å². The molecule has 0 saturated carbocycles. The molecular formula is C30H46N4O4. The first-order valence-electron chi connectivity index (χ1n) is 13.2. The molecule has 2 N–H and O–H groups in total. The summed E-state index contributed by atoms with van der Waals surface area (Å²) >= 11 is 0. The average molecular weight is 527 g/mol. The van der Waals surface area contributed by atoms with E-state index in [1.807, 2.05) is 37.7 Å². The molecule has 1 aromatic carbocycles. The minimum atomic E-state index is -1.32. The van der Waals surface area contributed by atoms with Crippen molar-refractivity contribution in [1.82, 2.24) is 15.5 Å². The summed E-state index contributed by atoms with van der Waals surface area (Å²) in [5, 5.41) is 6.05. The van der Waals surface area contributed by atoms with Crippen molar-refractivity contribution >= 4 is 23.8 Å². The average Bonchev–Trinajstić information content (AvgIpc) is 2.90. The molecule has 0 bridgehead atoms. The van der Waals surface area contributed by atoms with E-state index in [9.17, 15) is 14.4 Å². The van der Waals surface area contributed by atoms with E-state index in [2.05, 4.69) is 30.7 Å². The van der Waals surface area contributed by atoms with Crippen LogP contribution in [0.5, 0.6) is 5.75 Å². The van der Waals surface area contributed by atoms with Gasteiger partial charge in [-0.1, -0.05) is 45.2 Å². The maximum Gasteiger partial charge on any atom is 0.254 e. The zero-order valence-corrected chi connectivity index (χ0v) is 24.2. The third-order valence-corrected chi connectivity index (χ3v) is 6.44. The highest BCUT2D eigenvalue weighted by Gasteiger charge is 2.32. The minimum absolute atomic E-state index is 0.000271. The Balaban J connectivity index is 3.57. The van der Waals surface area contributed by atoms with Gasteiger partial charge in [-0.05, 0) is 52.4 Å². The molecule has 0 aliphatic heterocycles. The van der Waals surface area contributed by atoms with E-state index in [4.69, 9.17) is 4.74 Å². The van der Waals surface area contributed by atoms with Crippen LogP contribution in [0.25, 0.3) is 0 Å². The van der Waals surface area contributed by atoms with Crippen LogP contribution in [0.1, 0.15) is 57.8 Å². The first-order valence-corrected chi connectivity index (χ1v) is 13.2. The standard InChI is InChI=1S/C30H46N4O4/c1-10-14-24(11-2)30(7,21-35)38-27-16-15-23(19-26(27)33(9)18-17-32-28(36)13-4)29(37)34(22(5)6)25(12-3)20-31-8/h10-11,14-16,19,21-22,25,31H,1-2,12-13,17-18,20H2,3-9H3,(H,32,36)/b24-14+/t25-,30?/m1/s1. The summed E-state index contributed by atoms with van der Waals surface area (Å²) in [5.41, 5.74) is 0.369. The molecule has 8 nitrogen and oxygen atoms in total. The highest BCUT2D eigenvalue weighted by Crippen LogP contribution is 2.34. The first kappa shape index (κ1) is 32.6. The van der Waals surface area contributed by atoms with Crippen LogP contribution in [-0.2, 0) is 9.59 Å². The van der Waals surface area contributed by atoms with Crippen molar-refractivity contribution < 1.29 is 19.1 Å². The van der Waals surface area contributed by atoms with Gasteiger partial charge < -0.3 is 25.2 Å². The van der Waals surface area contributed by atoms with E-state index in [0.29, 0.717) is 48.6 Å². The number of hydrogen-bond donors (Lipinski definition) is 2. The van der Waals surface area contributed by atoms with Gasteiger partial charge in [0, 0.05) is 56.3 Å². The van der Waals surface area contributed by atoms with Gasteiger partial charge in [0.15, 0.2) is 11.9 Å². The Bertz CT molecular complexity index is 1000. The topological polar surface area (TPSA) is 91.0 Å².